The molecule has 13 heteroatoms. The molecule has 2 aromatic heterocycles. The Kier molecular flexibility index (Phi) is 8.65. The Labute approximate surface area is 267 Å². The van der Waals surface area contributed by atoms with Crippen LogP contribution in [-0.2, 0) is 22.5 Å². The van der Waals surface area contributed by atoms with E-state index in [0.29, 0.717) is 58.0 Å². The number of fused-ring (bicyclic) bond motifs is 2. The van der Waals surface area contributed by atoms with Crippen LogP contribution in [0.3, 0.4) is 0 Å². The number of piperidine rings is 2. The number of H-pyrrole nitrogens is 1. The molecule has 1 unspecified atom stereocenters. The highest BCUT2D eigenvalue weighted by Crippen LogP contribution is 2.31. The summed E-state index contributed by atoms with van der Waals surface area (Å²) in [6, 6.07) is 8.37. The second-order valence-corrected chi connectivity index (χ2v) is 13.8. The number of urea groups is 1. The third kappa shape index (κ3) is 6.52. The van der Waals surface area contributed by atoms with Gasteiger partial charge in [0.2, 0.25) is 0 Å². The lowest BCUT2D eigenvalue weighted by atomic mass is 10.0. The van der Waals surface area contributed by atoms with E-state index in [1.165, 1.54) is 0 Å². The van der Waals surface area contributed by atoms with Crippen LogP contribution in [0.5, 0.6) is 0 Å². The van der Waals surface area contributed by atoms with Gasteiger partial charge in [0.25, 0.3) is 5.91 Å². The van der Waals surface area contributed by atoms with Crippen molar-refractivity contribution in [3.63, 3.8) is 0 Å². The van der Waals surface area contributed by atoms with Gasteiger partial charge in [-0.25, -0.2) is 9.59 Å². The van der Waals surface area contributed by atoms with Crippen molar-refractivity contribution in [1.82, 2.24) is 34.7 Å². The molecule has 7 rings (SSSR count). The minimum atomic E-state index is -0.917. The number of thiophene rings is 1. The molecule has 240 valence electrons. The quantitative estimate of drug-likeness (QED) is 0.427. The molecular formula is C32H42N8O4S. The monoisotopic (exact) mass is 634 g/mol. The third-order valence-electron chi connectivity index (χ3n) is 10.00. The van der Waals surface area contributed by atoms with E-state index in [0.717, 1.165) is 66.1 Å². The van der Waals surface area contributed by atoms with Crippen LogP contribution in [-0.4, -0.2) is 130 Å². The number of aromatic amines is 1. The Bertz CT molecular complexity index is 1520. The molecule has 0 spiro atoms. The van der Waals surface area contributed by atoms with E-state index in [1.54, 1.807) is 22.4 Å². The fraction of sp³-hybridized carbons (Fsp3) is 0.562. The number of nitrogens with one attached hydrogen (secondary N) is 2. The Hall–Kier alpha value is -3.68. The number of carbonyl (C=O) groups is 3. The highest BCUT2D eigenvalue weighted by molar-refractivity contribution is 7.10. The molecule has 3 saturated heterocycles. The van der Waals surface area contributed by atoms with Gasteiger partial charge in [-0.1, -0.05) is 6.07 Å². The molecule has 4 aliphatic heterocycles. The summed E-state index contributed by atoms with van der Waals surface area (Å²) in [6.07, 6.45) is 4.33. The molecule has 0 radical (unpaired) electrons. The fourth-order valence-corrected chi connectivity index (χ4v) is 8.05. The topological polar surface area (TPSA) is 117 Å². The molecule has 12 nitrogen and oxygen atoms in total. The number of aromatic nitrogens is 2. The number of carbonyl (C=O) groups excluding carboxylic acids is 3. The van der Waals surface area contributed by atoms with Crippen molar-refractivity contribution in [1.29, 1.82) is 0 Å². The smallest absolute Gasteiger partial charge is 0.410 e. The normalized spacial score (nSPS) is 21.5. The average molecular weight is 635 g/mol. The second kappa shape index (κ2) is 13.0. The molecule has 2 N–H and O–H groups in total. The van der Waals surface area contributed by atoms with Crippen molar-refractivity contribution >= 4 is 46.0 Å². The van der Waals surface area contributed by atoms with Gasteiger partial charge in [0.05, 0.1) is 23.9 Å². The molecule has 6 heterocycles. The Morgan fingerprint density at radius 2 is 1.73 bits per heavy atom. The third-order valence-corrected chi connectivity index (χ3v) is 10.9. The summed E-state index contributed by atoms with van der Waals surface area (Å²) < 4.78 is 6.06. The van der Waals surface area contributed by atoms with E-state index >= 15 is 0 Å². The summed E-state index contributed by atoms with van der Waals surface area (Å²) >= 11 is 1.64. The van der Waals surface area contributed by atoms with E-state index < -0.39 is 12.2 Å². The summed E-state index contributed by atoms with van der Waals surface area (Å²) in [5.74, 6) is -0.134. The molecule has 3 aromatic rings. The zero-order valence-electron chi connectivity index (χ0n) is 25.8. The van der Waals surface area contributed by atoms with E-state index in [1.807, 2.05) is 39.4 Å². The lowest BCUT2D eigenvalue weighted by Crippen LogP contribution is -2.56. The van der Waals surface area contributed by atoms with Gasteiger partial charge in [-0.05, 0) is 75.0 Å². The Morgan fingerprint density at radius 3 is 2.51 bits per heavy atom. The summed E-state index contributed by atoms with van der Waals surface area (Å²) in [7, 11) is 2.17. The van der Waals surface area contributed by atoms with Gasteiger partial charge in [0.1, 0.15) is 0 Å². The first-order valence-corrected chi connectivity index (χ1v) is 17.0. The average Bonchev–Trinajstić information content (AvgIpc) is 3.73. The molecule has 0 aliphatic carbocycles. The first kappa shape index (κ1) is 30.0. The fourth-order valence-electron chi connectivity index (χ4n) is 7.22. The lowest BCUT2D eigenvalue weighted by Gasteiger charge is -2.43. The maximum Gasteiger partial charge on any atom is 0.410 e. The number of amides is 4. The van der Waals surface area contributed by atoms with E-state index in [9.17, 15) is 14.4 Å². The van der Waals surface area contributed by atoms with Crippen LogP contribution in [0.4, 0.5) is 15.3 Å². The molecule has 0 bridgehead atoms. The maximum absolute atomic E-state index is 14.0. The molecule has 0 saturated carbocycles. The summed E-state index contributed by atoms with van der Waals surface area (Å²) in [5.41, 5.74) is 2.74. The number of likely N-dealkylation sites (tertiary alicyclic amines) is 2. The van der Waals surface area contributed by atoms with Crippen molar-refractivity contribution in [3.8, 4) is 0 Å². The summed E-state index contributed by atoms with van der Waals surface area (Å²) in [6.45, 7) is 6.71. The van der Waals surface area contributed by atoms with Crippen molar-refractivity contribution in [3.05, 3.63) is 46.3 Å². The number of benzene rings is 1. The first-order valence-electron chi connectivity index (χ1n) is 16.1. The predicted octanol–water partition coefficient (Wildman–Crippen LogP) is 3.42. The molecule has 1 atom stereocenters. The van der Waals surface area contributed by atoms with Gasteiger partial charge in [-0.3, -0.25) is 14.8 Å². The van der Waals surface area contributed by atoms with Crippen molar-refractivity contribution in [2.24, 2.45) is 0 Å². The molecule has 4 aliphatic rings. The zero-order valence-corrected chi connectivity index (χ0v) is 26.6. The Balaban J connectivity index is 0.989. The van der Waals surface area contributed by atoms with Crippen LogP contribution in [0.15, 0.2) is 35.8 Å². The molecule has 45 heavy (non-hydrogen) atoms. The minimum Gasteiger partial charge on any atom is -0.436 e. The van der Waals surface area contributed by atoms with Crippen LogP contribution in [0.1, 0.15) is 36.1 Å². The van der Waals surface area contributed by atoms with Crippen LogP contribution in [0.2, 0.25) is 0 Å². The number of hydrogen-bond acceptors (Lipinski definition) is 8. The SMILES string of the molecule is CN1CCC(N2CCN(C(=O)C(Cc3ccc4[nH]ncc4c3)OC(=O)N3CCC(N4Cc5sccc5NC4=O)CC3)CC2)CC1. The predicted molar refractivity (Wildman–Crippen MR) is 172 cm³/mol. The van der Waals surface area contributed by atoms with Crippen LogP contribution in [0.25, 0.3) is 10.9 Å². The highest BCUT2D eigenvalue weighted by atomic mass is 32.1. The van der Waals surface area contributed by atoms with Gasteiger partial charge in [-0.2, -0.15) is 5.10 Å². The number of piperazine rings is 1. The summed E-state index contributed by atoms with van der Waals surface area (Å²) in [4.78, 5) is 51.8. The largest absolute Gasteiger partial charge is 0.436 e. The van der Waals surface area contributed by atoms with E-state index in [4.69, 9.17) is 4.74 Å². The van der Waals surface area contributed by atoms with Gasteiger partial charge in [-0.15, -0.1) is 11.3 Å². The van der Waals surface area contributed by atoms with Crippen molar-refractivity contribution in [2.75, 3.05) is 64.7 Å². The standard InChI is InChI=1S/C32H42N8O4S/c1-36-9-4-24(5-10-36)37-13-15-38(16-14-37)30(41)28(19-22-2-3-26-23(18-22)20-33-35-26)44-32(43)39-11-6-25(7-12-39)40-21-29-27(8-17-45-29)34-31(40)42/h2-3,8,17-18,20,24-25,28H,4-7,9-16,19,21H2,1H3,(H,33,35)(H,34,42). The first-order chi connectivity index (χ1) is 21.9. The molecular weight excluding hydrogens is 592 g/mol. The minimum absolute atomic E-state index is 0.0456. The Morgan fingerprint density at radius 1 is 0.978 bits per heavy atom. The van der Waals surface area contributed by atoms with Gasteiger partial charge in [0, 0.05) is 68.0 Å². The van der Waals surface area contributed by atoms with Crippen LogP contribution >= 0.6 is 11.3 Å². The number of ether oxygens (including phenoxy) is 1. The molecule has 4 amide bonds. The van der Waals surface area contributed by atoms with Gasteiger partial charge >= 0.3 is 12.1 Å². The lowest BCUT2D eigenvalue weighted by molar-refractivity contribution is -0.143. The van der Waals surface area contributed by atoms with Crippen LogP contribution in [0, 0.1) is 0 Å². The van der Waals surface area contributed by atoms with Crippen molar-refractivity contribution < 1.29 is 19.1 Å². The highest BCUT2D eigenvalue weighted by Gasteiger charge is 2.37. The van der Waals surface area contributed by atoms with E-state index in [2.05, 4.69) is 32.4 Å². The molecule has 1 aromatic carbocycles. The summed E-state index contributed by atoms with van der Waals surface area (Å²) in [5, 5.41) is 13.0. The van der Waals surface area contributed by atoms with Gasteiger partial charge in [0.15, 0.2) is 6.10 Å². The number of nitrogens with zero attached hydrogens (tertiary/aromatic N) is 6. The number of rotatable bonds is 6. The molecule has 3 fully saturated rings. The number of hydrogen-bond donors (Lipinski definition) is 2. The van der Waals surface area contributed by atoms with E-state index in [-0.39, 0.29) is 18.0 Å². The van der Waals surface area contributed by atoms with Crippen LogP contribution < -0.4 is 5.32 Å². The zero-order chi connectivity index (χ0) is 30.9. The second-order valence-electron chi connectivity index (χ2n) is 12.8. The van der Waals surface area contributed by atoms with Gasteiger partial charge < -0.3 is 29.7 Å². The number of anilines is 1. The van der Waals surface area contributed by atoms with Crippen molar-refractivity contribution in [2.45, 2.75) is 56.8 Å². The maximum atomic E-state index is 14.0.